The van der Waals surface area contributed by atoms with Crippen LogP contribution in [0, 0.1) is 5.92 Å². The molecule has 1 fully saturated rings. The Hall–Kier alpha value is -0.610. The average molecular weight is 298 g/mol. The highest BCUT2D eigenvalue weighted by molar-refractivity contribution is 5.80. The van der Waals surface area contributed by atoms with Gasteiger partial charge in [-0.15, -0.1) is 0 Å². The summed E-state index contributed by atoms with van der Waals surface area (Å²) in [6.45, 7) is 7.65. The third-order valence-corrected chi connectivity index (χ3v) is 5.10. The molecule has 0 bridgehead atoms. The van der Waals surface area contributed by atoms with Gasteiger partial charge in [-0.05, 0) is 66.1 Å². The predicted molar refractivity (Wildman–Crippen MR) is 87.4 cm³/mol. The zero-order valence-corrected chi connectivity index (χ0v) is 14.6. The topological polar surface area (TPSA) is 41.6 Å². The summed E-state index contributed by atoms with van der Waals surface area (Å²) in [6, 6.07) is 0.710. The van der Waals surface area contributed by atoms with Gasteiger partial charge in [0.15, 0.2) is 0 Å². The Kier molecular flexibility index (Phi) is 7.67. The molecule has 0 aromatic carbocycles. The summed E-state index contributed by atoms with van der Waals surface area (Å²) < 4.78 is 5.17. The second-order valence-electron chi connectivity index (χ2n) is 6.72. The van der Waals surface area contributed by atoms with Crippen molar-refractivity contribution in [2.45, 2.75) is 70.9 Å². The van der Waals surface area contributed by atoms with Gasteiger partial charge in [-0.1, -0.05) is 19.8 Å². The van der Waals surface area contributed by atoms with Crippen LogP contribution in [0.5, 0.6) is 0 Å². The molecule has 1 aliphatic rings. The highest BCUT2D eigenvalue weighted by atomic mass is 16.5. The zero-order valence-electron chi connectivity index (χ0n) is 14.6. The number of likely N-dealkylation sites (N-methyl/N-ethyl adjacent to an activating group) is 1. The standard InChI is InChI=1S/C17H34N2O2/c1-6-21-16(20)17(3,18-4)12-9-13-19(5)15-11-8-7-10-14(15)2/h14-15,18H,6-13H2,1-5H3. The van der Waals surface area contributed by atoms with Crippen LogP contribution in [-0.2, 0) is 9.53 Å². The molecule has 1 aliphatic carbocycles. The van der Waals surface area contributed by atoms with Gasteiger partial charge in [-0.3, -0.25) is 4.79 Å². The molecular formula is C17H34N2O2. The summed E-state index contributed by atoms with van der Waals surface area (Å²) in [4.78, 5) is 14.5. The number of nitrogens with zero attached hydrogens (tertiary/aromatic N) is 1. The van der Waals surface area contributed by atoms with E-state index in [1.807, 2.05) is 20.9 Å². The number of nitrogens with one attached hydrogen (secondary N) is 1. The van der Waals surface area contributed by atoms with E-state index in [0.717, 1.165) is 25.3 Å². The summed E-state index contributed by atoms with van der Waals surface area (Å²) in [5.41, 5.74) is -0.560. The SMILES string of the molecule is CCOC(=O)C(C)(CCCN(C)C1CCCCC1C)NC. The van der Waals surface area contributed by atoms with Gasteiger partial charge in [0.2, 0.25) is 0 Å². The lowest BCUT2D eigenvalue weighted by molar-refractivity contribution is -0.150. The van der Waals surface area contributed by atoms with E-state index < -0.39 is 5.54 Å². The van der Waals surface area contributed by atoms with Crippen molar-refractivity contribution in [1.29, 1.82) is 0 Å². The molecule has 0 aromatic heterocycles. The molecule has 3 unspecified atom stereocenters. The second-order valence-corrected chi connectivity index (χ2v) is 6.72. The fourth-order valence-corrected chi connectivity index (χ4v) is 3.42. The lowest BCUT2D eigenvalue weighted by atomic mass is 9.85. The number of ether oxygens (including phenoxy) is 1. The highest BCUT2D eigenvalue weighted by Gasteiger charge is 2.33. The van der Waals surface area contributed by atoms with E-state index in [-0.39, 0.29) is 5.97 Å². The molecule has 1 N–H and O–H groups in total. The number of carbonyl (C=O) groups is 1. The van der Waals surface area contributed by atoms with Crippen LogP contribution in [0.15, 0.2) is 0 Å². The molecular weight excluding hydrogens is 264 g/mol. The van der Waals surface area contributed by atoms with Crippen LogP contribution in [0.1, 0.15) is 59.3 Å². The largest absolute Gasteiger partial charge is 0.465 e. The molecule has 0 radical (unpaired) electrons. The van der Waals surface area contributed by atoms with Crippen LogP contribution >= 0.6 is 0 Å². The predicted octanol–water partition coefficient (Wildman–Crippen LogP) is 2.82. The summed E-state index contributed by atoms with van der Waals surface area (Å²) in [5, 5.41) is 3.13. The quantitative estimate of drug-likeness (QED) is 0.700. The van der Waals surface area contributed by atoms with Gasteiger partial charge in [0.05, 0.1) is 6.61 Å². The highest BCUT2D eigenvalue weighted by Crippen LogP contribution is 2.27. The van der Waals surface area contributed by atoms with E-state index in [2.05, 4.69) is 24.2 Å². The Labute approximate surface area is 130 Å². The van der Waals surface area contributed by atoms with Crippen molar-refractivity contribution >= 4 is 5.97 Å². The normalized spacial score (nSPS) is 25.6. The van der Waals surface area contributed by atoms with E-state index >= 15 is 0 Å². The maximum Gasteiger partial charge on any atom is 0.326 e. The van der Waals surface area contributed by atoms with Crippen molar-refractivity contribution in [1.82, 2.24) is 10.2 Å². The molecule has 0 aromatic rings. The van der Waals surface area contributed by atoms with Crippen molar-refractivity contribution in [3.63, 3.8) is 0 Å². The minimum Gasteiger partial charge on any atom is -0.465 e. The minimum absolute atomic E-state index is 0.138. The molecule has 4 nitrogen and oxygen atoms in total. The number of hydrogen-bond donors (Lipinski definition) is 1. The Bertz CT molecular complexity index is 322. The van der Waals surface area contributed by atoms with E-state index in [1.54, 1.807) is 0 Å². The third kappa shape index (κ3) is 5.26. The first-order valence-corrected chi connectivity index (χ1v) is 8.51. The smallest absolute Gasteiger partial charge is 0.326 e. The molecule has 124 valence electrons. The van der Waals surface area contributed by atoms with Crippen LogP contribution in [0.25, 0.3) is 0 Å². The van der Waals surface area contributed by atoms with Crippen LogP contribution in [0.2, 0.25) is 0 Å². The van der Waals surface area contributed by atoms with Gasteiger partial charge in [-0.25, -0.2) is 0 Å². The van der Waals surface area contributed by atoms with E-state index in [9.17, 15) is 4.79 Å². The average Bonchev–Trinajstić information content (AvgIpc) is 2.47. The number of rotatable bonds is 8. The zero-order chi connectivity index (χ0) is 15.9. The summed E-state index contributed by atoms with van der Waals surface area (Å²) >= 11 is 0. The van der Waals surface area contributed by atoms with Crippen molar-refractivity contribution in [3.8, 4) is 0 Å². The van der Waals surface area contributed by atoms with Crippen molar-refractivity contribution in [3.05, 3.63) is 0 Å². The Morgan fingerprint density at radius 2 is 2.05 bits per heavy atom. The molecule has 0 spiro atoms. The molecule has 21 heavy (non-hydrogen) atoms. The fraction of sp³-hybridized carbons (Fsp3) is 0.941. The van der Waals surface area contributed by atoms with E-state index in [4.69, 9.17) is 4.74 Å². The molecule has 0 aliphatic heterocycles. The van der Waals surface area contributed by atoms with Crippen LogP contribution in [-0.4, -0.2) is 49.7 Å². The van der Waals surface area contributed by atoms with E-state index in [1.165, 1.54) is 25.7 Å². The number of carbonyl (C=O) groups excluding carboxylic acids is 1. The Morgan fingerprint density at radius 1 is 1.38 bits per heavy atom. The van der Waals surface area contributed by atoms with Gasteiger partial charge in [-0.2, -0.15) is 0 Å². The first-order valence-electron chi connectivity index (χ1n) is 8.51. The summed E-state index contributed by atoms with van der Waals surface area (Å²) in [5.74, 6) is 0.658. The summed E-state index contributed by atoms with van der Waals surface area (Å²) in [7, 11) is 4.07. The number of esters is 1. The fourth-order valence-electron chi connectivity index (χ4n) is 3.42. The van der Waals surface area contributed by atoms with Gasteiger partial charge in [0.1, 0.15) is 5.54 Å². The number of hydrogen-bond acceptors (Lipinski definition) is 4. The van der Waals surface area contributed by atoms with Crippen molar-refractivity contribution in [2.75, 3.05) is 27.2 Å². The first-order chi connectivity index (χ1) is 9.94. The lowest BCUT2D eigenvalue weighted by Crippen LogP contribution is -2.49. The van der Waals surface area contributed by atoms with E-state index in [0.29, 0.717) is 12.6 Å². The third-order valence-electron chi connectivity index (χ3n) is 5.10. The molecule has 0 heterocycles. The Morgan fingerprint density at radius 3 is 2.62 bits per heavy atom. The van der Waals surface area contributed by atoms with Gasteiger partial charge in [0, 0.05) is 6.04 Å². The summed E-state index contributed by atoms with van der Waals surface area (Å²) in [6.07, 6.45) is 7.23. The molecule has 3 atom stereocenters. The molecule has 1 saturated carbocycles. The molecule has 4 heteroatoms. The monoisotopic (exact) mass is 298 g/mol. The van der Waals surface area contributed by atoms with Crippen molar-refractivity contribution in [2.24, 2.45) is 5.92 Å². The van der Waals surface area contributed by atoms with Crippen molar-refractivity contribution < 1.29 is 9.53 Å². The van der Waals surface area contributed by atoms with Crippen LogP contribution in [0.3, 0.4) is 0 Å². The van der Waals surface area contributed by atoms with Crippen LogP contribution < -0.4 is 5.32 Å². The maximum atomic E-state index is 12.0. The van der Waals surface area contributed by atoms with Gasteiger partial charge >= 0.3 is 5.97 Å². The second kappa shape index (κ2) is 8.74. The minimum atomic E-state index is -0.560. The Balaban J connectivity index is 2.41. The molecule has 0 amide bonds. The van der Waals surface area contributed by atoms with Gasteiger partial charge < -0.3 is 15.0 Å². The maximum absolute atomic E-state index is 12.0. The first kappa shape index (κ1) is 18.4. The van der Waals surface area contributed by atoms with Gasteiger partial charge in [0.25, 0.3) is 0 Å². The lowest BCUT2D eigenvalue weighted by Gasteiger charge is -2.37. The molecule has 1 rings (SSSR count). The van der Waals surface area contributed by atoms with Crippen LogP contribution in [0.4, 0.5) is 0 Å². The molecule has 0 saturated heterocycles.